The van der Waals surface area contributed by atoms with Crippen molar-refractivity contribution < 1.29 is 27.4 Å². The minimum absolute atomic E-state index is 0.139. The number of esters is 1. The maximum absolute atomic E-state index is 12.5. The summed E-state index contributed by atoms with van der Waals surface area (Å²) in [7, 11) is 0. The molecule has 1 unspecified atom stereocenters. The van der Waals surface area contributed by atoms with E-state index >= 15 is 0 Å². The molecule has 0 aliphatic heterocycles. The van der Waals surface area contributed by atoms with Gasteiger partial charge in [-0.15, -0.1) is 0 Å². The molecule has 0 aliphatic rings. The van der Waals surface area contributed by atoms with Gasteiger partial charge in [-0.25, -0.2) is 4.98 Å². The number of carbonyl (C=O) groups excluding carboxylic acids is 1. The van der Waals surface area contributed by atoms with Crippen LogP contribution in [0.2, 0.25) is 0 Å². The molecule has 2 aromatic heterocycles. The molecule has 3 aromatic rings. The van der Waals surface area contributed by atoms with Crippen molar-refractivity contribution in [3.63, 3.8) is 0 Å². The first-order valence-electron chi connectivity index (χ1n) is 9.06. The predicted octanol–water partition coefficient (Wildman–Crippen LogP) is 5.05. The standard InChI is InChI=1S/C20H20F3N3O3S/c1-12-16(24-9-8-18(12)28-11-20(21,22)23)10-30-19-25-15-6-4-5-7-17(15)26(19)13(2)29-14(3)27/h4-9,13H,10-11H2,1-3H3. The number of para-hydroxylation sites is 2. The molecule has 0 amide bonds. The molecule has 10 heteroatoms. The number of nitrogens with zero attached hydrogens (tertiary/aromatic N) is 3. The van der Waals surface area contributed by atoms with Crippen molar-refractivity contribution in [2.45, 2.75) is 44.1 Å². The second-order valence-corrected chi connectivity index (χ2v) is 7.48. The Morgan fingerprint density at radius 1 is 1.27 bits per heavy atom. The lowest BCUT2D eigenvalue weighted by atomic mass is 10.2. The molecule has 0 saturated heterocycles. The summed E-state index contributed by atoms with van der Waals surface area (Å²) < 4.78 is 49.4. The van der Waals surface area contributed by atoms with Crippen LogP contribution in [0.3, 0.4) is 0 Å². The third kappa shape index (κ3) is 5.24. The number of hydrogen-bond acceptors (Lipinski definition) is 6. The Labute approximate surface area is 175 Å². The maximum Gasteiger partial charge on any atom is 0.422 e. The van der Waals surface area contributed by atoms with Crippen molar-refractivity contribution in [2.75, 3.05) is 6.61 Å². The summed E-state index contributed by atoms with van der Waals surface area (Å²) in [6, 6.07) is 8.86. The minimum atomic E-state index is -4.41. The quantitative estimate of drug-likeness (QED) is 0.379. The molecule has 0 aliphatic carbocycles. The number of imidazole rings is 1. The number of alkyl halides is 3. The van der Waals surface area contributed by atoms with Gasteiger partial charge in [0, 0.05) is 24.4 Å². The molecule has 1 aromatic carbocycles. The van der Waals surface area contributed by atoms with Crippen LogP contribution in [0, 0.1) is 6.92 Å². The molecule has 0 N–H and O–H groups in total. The predicted molar refractivity (Wildman–Crippen MR) is 106 cm³/mol. The number of benzene rings is 1. The highest BCUT2D eigenvalue weighted by Crippen LogP contribution is 2.32. The Bertz CT molecular complexity index is 1050. The van der Waals surface area contributed by atoms with Crippen molar-refractivity contribution in [1.29, 1.82) is 0 Å². The number of fused-ring (bicyclic) bond motifs is 1. The van der Waals surface area contributed by atoms with Crippen molar-refractivity contribution in [2.24, 2.45) is 0 Å². The van der Waals surface area contributed by atoms with Crippen LogP contribution in [0.15, 0.2) is 41.7 Å². The molecule has 30 heavy (non-hydrogen) atoms. The fourth-order valence-corrected chi connectivity index (χ4v) is 4.03. The number of halogens is 3. The topological polar surface area (TPSA) is 66.2 Å². The van der Waals surface area contributed by atoms with Crippen LogP contribution < -0.4 is 4.74 Å². The van der Waals surface area contributed by atoms with Crippen LogP contribution in [-0.2, 0) is 15.3 Å². The maximum atomic E-state index is 12.5. The second kappa shape index (κ2) is 8.95. The van der Waals surface area contributed by atoms with Gasteiger partial charge in [-0.1, -0.05) is 23.9 Å². The normalized spacial score (nSPS) is 12.7. The van der Waals surface area contributed by atoms with Gasteiger partial charge in [-0.2, -0.15) is 13.2 Å². The molecule has 0 radical (unpaired) electrons. The fourth-order valence-electron chi connectivity index (χ4n) is 2.92. The average Bonchev–Trinajstić information content (AvgIpc) is 3.03. The first kappa shape index (κ1) is 21.9. The summed E-state index contributed by atoms with van der Waals surface area (Å²) in [6.07, 6.45) is -3.57. The number of hydrogen-bond donors (Lipinski definition) is 0. The summed E-state index contributed by atoms with van der Waals surface area (Å²) in [5.41, 5.74) is 2.66. The third-order valence-corrected chi connectivity index (χ3v) is 5.22. The molecule has 1 atom stereocenters. The van der Waals surface area contributed by atoms with Crippen LogP contribution in [0.25, 0.3) is 11.0 Å². The van der Waals surface area contributed by atoms with Gasteiger partial charge in [-0.05, 0) is 32.0 Å². The van der Waals surface area contributed by atoms with Crippen LogP contribution in [0.1, 0.15) is 31.3 Å². The molecule has 2 heterocycles. The van der Waals surface area contributed by atoms with Gasteiger partial charge in [0.05, 0.1) is 16.7 Å². The fraction of sp³-hybridized carbons (Fsp3) is 0.350. The van der Waals surface area contributed by atoms with Crippen LogP contribution in [-0.4, -0.2) is 33.3 Å². The zero-order valence-corrected chi connectivity index (χ0v) is 17.4. The van der Waals surface area contributed by atoms with Gasteiger partial charge in [0.1, 0.15) is 5.75 Å². The van der Waals surface area contributed by atoms with Gasteiger partial charge >= 0.3 is 12.1 Å². The third-order valence-electron chi connectivity index (χ3n) is 4.25. The van der Waals surface area contributed by atoms with Crippen molar-refractivity contribution in [3.05, 3.63) is 47.8 Å². The highest BCUT2D eigenvalue weighted by molar-refractivity contribution is 7.98. The molecule has 3 rings (SSSR count). The molecular formula is C20H20F3N3O3S. The summed E-state index contributed by atoms with van der Waals surface area (Å²) in [4.78, 5) is 20.3. The van der Waals surface area contributed by atoms with Crippen molar-refractivity contribution >= 4 is 28.8 Å². The van der Waals surface area contributed by atoms with E-state index in [9.17, 15) is 18.0 Å². The summed E-state index contributed by atoms with van der Waals surface area (Å²) in [5, 5.41) is 0.604. The molecule has 0 bridgehead atoms. The van der Waals surface area contributed by atoms with Gasteiger partial charge in [0.2, 0.25) is 0 Å². The molecule has 6 nitrogen and oxygen atoms in total. The summed E-state index contributed by atoms with van der Waals surface area (Å²) in [6.45, 7) is 3.38. The zero-order valence-electron chi connectivity index (χ0n) is 16.6. The van der Waals surface area contributed by atoms with E-state index in [0.29, 0.717) is 22.2 Å². The largest absolute Gasteiger partial charge is 0.484 e. The number of ether oxygens (including phenoxy) is 2. The van der Waals surface area contributed by atoms with E-state index in [1.54, 1.807) is 18.4 Å². The molecule has 0 fully saturated rings. The number of thioether (sulfide) groups is 1. The monoisotopic (exact) mass is 439 g/mol. The SMILES string of the molecule is CC(=O)OC(C)n1c(SCc2nccc(OCC(F)(F)F)c2C)nc2ccccc21. The van der Waals surface area contributed by atoms with Gasteiger partial charge < -0.3 is 9.47 Å². The lowest BCUT2D eigenvalue weighted by Crippen LogP contribution is -2.19. The van der Waals surface area contributed by atoms with Gasteiger partial charge in [0.15, 0.2) is 18.0 Å². The van der Waals surface area contributed by atoms with E-state index in [1.807, 2.05) is 24.3 Å². The molecule has 0 spiro atoms. The molecule has 160 valence electrons. The lowest BCUT2D eigenvalue weighted by Gasteiger charge is -2.17. The van der Waals surface area contributed by atoms with Crippen molar-refractivity contribution in [3.8, 4) is 5.75 Å². The molecule has 0 saturated carbocycles. The van der Waals surface area contributed by atoms with E-state index < -0.39 is 25.0 Å². The number of carbonyl (C=O) groups is 1. The Kier molecular flexibility index (Phi) is 6.55. The van der Waals surface area contributed by atoms with Gasteiger partial charge in [-0.3, -0.25) is 14.3 Å². The highest BCUT2D eigenvalue weighted by atomic mass is 32.2. The highest BCUT2D eigenvalue weighted by Gasteiger charge is 2.29. The summed E-state index contributed by atoms with van der Waals surface area (Å²) in [5.74, 6) is 0.0773. The number of pyridine rings is 1. The first-order valence-corrected chi connectivity index (χ1v) is 10.1. The van der Waals surface area contributed by atoms with Crippen molar-refractivity contribution in [1.82, 2.24) is 14.5 Å². The number of rotatable bonds is 7. The van der Waals surface area contributed by atoms with Crippen LogP contribution in [0.5, 0.6) is 5.75 Å². The zero-order chi connectivity index (χ0) is 21.9. The van der Waals surface area contributed by atoms with Crippen LogP contribution >= 0.6 is 11.8 Å². The van der Waals surface area contributed by atoms with E-state index in [0.717, 1.165) is 11.0 Å². The average molecular weight is 439 g/mol. The van der Waals surface area contributed by atoms with Crippen LogP contribution in [0.4, 0.5) is 13.2 Å². The van der Waals surface area contributed by atoms with E-state index in [4.69, 9.17) is 9.47 Å². The number of aromatic nitrogens is 3. The Balaban J connectivity index is 1.85. The van der Waals surface area contributed by atoms with Gasteiger partial charge in [0.25, 0.3) is 0 Å². The Morgan fingerprint density at radius 2 is 2.00 bits per heavy atom. The molecular weight excluding hydrogens is 419 g/mol. The minimum Gasteiger partial charge on any atom is -0.484 e. The van der Waals surface area contributed by atoms with E-state index in [2.05, 4.69) is 9.97 Å². The second-order valence-electron chi connectivity index (χ2n) is 6.54. The summed E-state index contributed by atoms with van der Waals surface area (Å²) >= 11 is 1.35. The van der Waals surface area contributed by atoms with E-state index in [1.165, 1.54) is 30.9 Å². The smallest absolute Gasteiger partial charge is 0.422 e. The lowest BCUT2D eigenvalue weighted by molar-refractivity contribution is -0.153. The van der Waals surface area contributed by atoms with E-state index in [-0.39, 0.29) is 5.75 Å². The first-order chi connectivity index (χ1) is 14.2. The Hall–Kier alpha value is -2.75. The Morgan fingerprint density at radius 3 is 2.70 bits per heavy atom.